The van der Waals surface area contributed by atoms with Crippen LogP contribution in [-0.4, -0.2) is 23.4 Å². The summed E-state index contributed by atoms with van der Waals surface area (Å²) in [4.78, 5) is 13.6. The van der Waals surface area contributed by atoms with Gasteiger partial charge in [-0.2, -0.15) is 0 Å². The van der Waals surface area contributed by atoms with Crippen molar-refractivity contribution in [1.29, 1.82) is 0 Å². The van der Waals surface area contributed by atoms with Crippen LogP contribution in [0.5, 0.6) is 0 Å². The van der Waals surface area contributed by atoms with Gasteiger partial charge in [0.05, 0.1) is 0 Å². The predicted octanol–water partition coefficient (Wildman–Crippen LogP) is 2.16. The lowest BCUT2D eigenvalue weighted by atomic mass is 10.1. The minimum atomic E-state index is 0.360. The monoisotopic (exact) mass is 201 g/mol. The molecule has 1 saturated carbocycles. The van der Waals surface area contributed by atoms with E-state index in [0.29, 0.717) is 17.9 Å². The highest BCUT2D eigenvalue weighted by molar-refractivity contribution is 5.79. The van der Waals surface area contributed by atoms with E-state index in [4.69, 9.17) is 0 Å². The van der Waals surface area contributed by atoms with Gasteiger partial charge in [0.1, 0.15) is 0 Å². The summed E-state index contributed by atoms with van der Waals surface area (Å²) in [7, 11) is 0. The van der Waals surface area contributed by atoms with Crippen molar-refractivity contribution < 1.29 is 4.79 Å². The molecule has 78 valence electrons. The number of hydrogen-bond acceptors (Lipinski definition) is 1. The molecular weight excluding hydrogens is 186 g/mol. The lowest BCUT2D eigenvalue weighted by molar-refractivity contribution is -0.128. The van der Waals surface area contributed by atoms with E-state index >= 15 is 0 Å². The highest BCUT2D eigenvalue weighted by Gasteiger charge is 2.45. The topological polar surface area (TPSA) is 20.3 Å². The number of likely N-dealkylation sites (tertiary alicyclic amines) is 1. The minimum absolute atomic E-state index is 0.360. The Morgan fingerprint density at radius 3 is 2.67 bits per heavy atom. The quantitative estimate of drug-likeness (QED) is 0.718. The smallest absolute Gasteiger partial charge is 0.222 e. The fourth-order valence-electron chi connectivity index (χ4n) is 2.60. The Bertz CT molecular complexity index is 373. The van der Waals surface area contributed by atoms with Crippen LogP contribution in [0.3, 0.4) is 0 Å². The van der Waals surface area contributed by atoms with Gasteiger partial charge in [0.25, 0.3) is 0 Å². The molecule has 1 amide bonds. The van der Waals surface area contributed by atoms with Crippen molar-refractivity contribution in [3.8, 4) is 0 Å². The number of amides is 1. The molecule has 3 rings (SSSR count). The Hall–Kier alpha value is -1.31. The molecule has 1 heterocycles. The van der Waals surface area contributed by atoms with Crippen LogP contribution in [-0.2, 0) is 4.79 Å². The van der Waals surface area contributed by atoms with Crippen molar-refractivity contribution in [1.82, 2.24) is 4.90 Å². The average molecular weight is 201 g/mol. The van der Waals surface area contributed by atoms with Crippen LogP contribution >= 0.6 is 0 Å². The second-order valence-corrected chi connectivity index (χ2v) is 4.51. The van der Waals surface area contributed by atoms with Gasteiger partial charge in [0.15, 0.2) is 0 Å². The summed E-state index contributed by atoms with van der Waals surface area (Å²) in [6.45, 7) is 0.979. The first-order chi connectivity index (χ1) is 7.36. The van der Waals surface area contributed by atoms with E-state index in [0.717, 1.165) is 25.8 Å². The number of hydrogen-bond donors (Lipinski definition) is 0. The second kappa shape index (κ2) is 3.37. The molecule has 0 radical (unpaired) electrons. The fourth-order valence-corrected chi connectivity index (χ4v) is 2.60. The lowest BCUT2D eigenvalue weighted by Crippen LogP contribution is -2.27. The maximum Gasteiger partial charge on any atom is 0.222 e. The lowest BCUT2D eigenvalue weighted by Gasteiger charge is -2.15. The summed E-state index contributed by atoms with van der Waals surface area (Å²) in [6.07, 6.45) is 2.98. The molecule has 2 fully saturated rings. The summed E-state index contributed by atoms with van der Waals surface area (Å²) < 4.78 is 0. The number of carbonyl (C=O) groups excluding carboxylic acids is 1. The van der Waals surface area contributed by atoms with Crippen LogP contribution in [0.1, 0.15) is 30.7 Å². The zero-order valence-electron chi connectivity index (χ0n) is 8.73. The predicted molar refractivity (Wildman–Crippen MR) is 58.5 cm³/mol. The minimum Gasteiger partial charge on any atom is -0.339 e. The van der Waals surface area contributed by atoms with Gasteiger partial charge in [-0.3, -0.25) is 4.79 Å². The standard InChI is InChI=1S/C13H15NO/c15-13-7-4-8-14(13)12-9-11(12)10-5-2-1-3-6-10/h1-3,5-6,11-12H,4,7-9H2/t11-,12+/m1/s1. The molecule has 1 aromatic rings. The van der Waals surface area contributed by atoms with Gasteiger partial charge >= 0.3 is 0 Å². The van der Waals surface area contributed by atoms with E-state index in [1.165, 1.54) is 5.56 Å². The Kier molecular flexibility index (Phi) is 2.01. The molecule has 0 N–H and O–H groups in total. The highest BCUT2D eigenvalue weighted by atomic mass is 16.2. The van der Waals surface area contributed by atoms with E-state index in [1.54, 1.807) is 0 Å². The average Bonchev–Trinajstić information content (AvgIpc) is 2.96. The number of rotatable bonds is 2. The van der Waals surface area contributed by atoms with Gasteiger partial charge in [-0.05, 0) is 18.4 Å². The van der Waals surface area contributed by atoms with Crippen molar-refractivity contribution >= 4 is 5.91 Å². The van der Waals surface area contributed by atoms with Crippen molar-refractivity contribution in [2.75, 3.05) is 6.54 Å². The second-order valence-electron chi connectivity index (χ2n) is 4.51. The van der Waals surface area contributed by atoms with Gasteiger partial charge in [-0.1, -0.05) is 30.3 Å². The zero-order chi connectivity index (χ0) is 10.3. The van der Waals surface area contributed by atoms with Crippen LogP contribution in [0.25, 0.3) is 0 Å². The van der Waals surface area contributed by atoms with Crippen LogP contribution in [0, 0.1) is 0 Å². The molecule has 0 bridgehead atoms. The van der Waals surface area contributed by atoms with Gasteiger partial charge < -0.3 is 4.90 Å². The van der Waals surface area contributed by atoms with Crippen molar-refractivity contribution in [2.45, 2.75) is 31.2 Å². The number of benzene rings is 1. The molecule has 0 unspecified atom stereocenters. The van der Waals surface area contributed by atoms with Gasteiger partial charge in [-0.25, -0.2) is 0 Å². The van der Waals surface area contributed by atoms with Crippen molar-refractivity contribution in [3.63, 3.8) is 0 Å². The summed E-state index contributed by atoms with van der Waals surface area (Å²) in [5.41, 5.74) is 1.39. The van der Waals surface area contributed by atoms with E-state index in [2.05, 4.69) is 29.2 Å². The molecule has 0 spiro atoms. The Balaban J connectivity index is 1.72. The largest absolute Gasteiger partial charge is 0.339 e. The molecule has 2 heteroatoms. The summed E-state index contributed by atoms with van der Waals surface area (Å²) in [5, 5.41) is 0. The molecule has 1 aromatic carbocycles. The molecule has 2 atom stereocenters. The molecule has 1 saturated heterocycles. The Morgan fingerprint density at radius 2 is 2.00 bits per heavy atom. The van der Waals surface area contributed by atoms with Crippen LogP contribution in [0.2, 0.25) is 0 Å². The molecule has 2 aliphatic rings. The molecule has 1 aliphatic carbocycles. The number of nitrogens with zero attached hydrogens (tertiary/aromatic N) is 1. The molecule has 15 heavy (non-hydrogen) atoms. The molecule has 1 aliphatic heterocycles. The third kappa shape index (κ3) is 1.54. The maximum absolute atomic E-state index is 11.6. The molecular formula is C13H15NO. The highest BCUT2D eigenvalue weighted by Crippen LogP contribution is 2.45. The molecule has 2 nitrogen and oxygen atoms in total. The SMILES string of the molecule is O=C1CCCN1[C@H]1C[C@@H]1c1ccccc1. The first-order valence-electron chi connectivity index (χ1n) is 5.70. The Morgan fingerprint density at radius 1 is 1.20 bits per heavy atom. The summed E-state index contributed by atoms with van der Waals surface area (Å²) in [6, 6.07) is 11.0. The normalized spacial score (nSPS) is 29.6. The van der Waals surface area contributed by atoms with Crippen LogP contribution in [0.15, 0.2) is 30.3 Å². The third-order valence-electron chi connectivity index (χ3n) is 3.49. The van der Waals surface area contributed by atoms with E-state index in [-0.39, 0.29) is 0 Å². The molecule has 0 aromatic heterocycles. The Labute approximate surface area is 89.9 Å². The van der Waals surface area contributed by atoms with Gasteiger partial charge in [-0.15, -0.1) is 0 Å². The van der Waals surface area contributed by atoms with Crippen molar-refractivity contribution in [2.24, 2.45) is 0 Å². The van der Waals surface area contributed by atoms with Crippen LogP contribution in [0.4, 0.5) is 0 Å². The van der Waals surface area contributed by atoms with E-state index in [1.807, 2.05) is 6.07 Å². The van der Waals surface area contributed by atoms with E-state index in [9.17, 15) is 4.79 Å². The summed E-state index contributed by atoms with van der Waals surface area (Å²) in [5.74, 6) is 0.965. The zero-order valence-corrected chi connectivity index (χ0v) is 8.73. The van der Waals surface area contributed by atoms with E-state index < -0.39 is 0 Å². The number of carbonyl (C=O) groups is 1. The fraction of sp³-hybridized carbons (Fsp3) is 0.462. The maximum atomic E-state index is 11.6. The summed E-state index contributed by atoms with van der Waals surface area (Å²) >= 11 is 0. The first-order valence-corrected chi connectivity index (χ1v) is 5.70. The van der Waals surface area contributed by atoms with Crippen molar-refractivity contribution in [3.05, 3.63) is 35.9 Å². The van der Waals surface area contributed by atoms with Gasteiger partial charge in [0.2, 0.25) is 5.91 Å². The van der Waals surface area contributed by atoms with Crippen LogP contribution < -0.4 is 0 Å². The first kappa shape index (κ1) is 8.96. The third-order valence-corrected chi connectivity index (χ3v) is 3.49. The van der Waals surface area contributed by atoms with Gasteiger partial charge in [0, 0.05) is 24.9 Å².